The topological polar surface area (TPSA) is 52.6 Å². The number of rotatable bonds is 4. The van der Waals surface area contributed by atoms with E-state index in [0.29, 0.717) is 6.42 Å². The zero-order chi connectivity index (χ0) is 12.3. The van der Waals surface area contributed by atoms with Crippen LogP contribution in [-0.2, 0) is 17.6 Å². The second kappa shape index (κ2) is 5.29. The number of hydrogen-bond donors (Lipinski definition) is 2. The SMILES string of the molecule is CN1C(=O)CCc2cc(CCNCO)ccc21. The van der Waals surface area contributed by atoms with Gasteiger partial charge in [0.15, 0.2) is 0 Å². The number of amides is 1. The molecule has 4 nitrogen and oxygen atoms in total. The molecule has 0 saturated carbocycles. The zero-order valence-corrected chi connectivity index (χ0v) is 10.1. The highest BCUT2D eigenvalue weighted by Crippen LogP contribution is 2.27. The lowest BCUT2D eigenvalue weighted by Crippen LogP contribution is -2.31. The fourth-order valence-corrected chi connectivity index (χ4v) is 2.18. The third-order valence-corrected chi connectivity index (χ3v) is 3.19. The van der Waals surface area contributed by atoms with Crippen molar-refractivity contribution in [1.82, 2.24) is 5.32 Å². The lowest BCUT2D eigenvalue weighted by atomic mass is 9.98. The molecule has 4 heteroatoms. The predicted octanol–water partition coefficient (Wildman–Crippen LogP) is 0.677. The summed E-state index contributed by atoms with van der Waals surface area (Å²) in [4.78, 5) is 13.3. The van der Waals surface area contributed by atoms with Gasteiger partial charge in [-0.25, -0.2) is 0 Å². The van der Waals surface area contributed by atoms with Gasteiger partial charge < -0.3 is 10.0 Å². The molecule has 1 aliphatic rings. The van der Waals surface area contributed by atoms with Gasteiger partial charge in [-0.3, -0.25) is 10.1 Å². The molecule has 0 bridgehead atoms. The molecule has 92 valence electrons. The minimum Gasteiger partial charge on any atom is -0.381 e. The third-order valence-electron chi connectivity index (χ3n) is 3.19. The van der Waals surface area contributed by atoms with Gasteiger partial charge in [-0.1, -0.05) is 12.1 Å². The van der Waals surface area contributed by atoms with E-state index in [0.717, 1.165) is 25.1 Å². The molecule has 1 amide bonds. The van der Waals surface area contributed by atoms with E-state index < -0.39 is 0 Å². The normalized spacial score (nSPS) is 14.9. The lowest BCUT2D eigenvalue weighted by Gasteiger charge is -2.26. The second-order valence-electron chi connectivity index (χ2n) is 4.32. The Morgan fingerprint density at radius 1 is 1.41 bits per heavy atom. The van der Waals surface area contributed by atoms with Crippen molar-refractivity contribution in [1.29, 1.82) is 0 Å². The van der Waals surface area contributed by atoms with E-state index in [1.807, 2.05) is 19.2 Å². The molecule has 17 heavy (non-hydrogen) atoms. The first-order chi connectivity index (χ1) is 8.22. The smallest absolute Gasteiger partial charge is 0.227 e. The fraction of sp³-hybridized carbons (Fsp3) is 0.462. The predicted molar refractivity (Wildman–Crippen MR) is 67.0 cm³/mol. The summed E-state index contributed by atoms with van der Waals surface area (Å²) in [6, 6.07) is 6.23. The lowest BCUT2D eigenvalue weighted by molar-refractivity contribution is -0.118. The second-order valence-corrected chi connectivity index (χ2v) is 4.32. The summed E-state index contributed by atoms with van der Waals surface area (Å²) in [6.45, 7) is 0.784. The molecule has 1 heterocycles. The van der Waals surface area contributed by atoms with Gasteiger partial charge in [-0.05, 0) is 30.0 Å². The van der Waals surface area contributed by atoms with Crippen molar-refractivity contribution in [3.63, 3.8) is 0 Å². The molecule has 2 N–H and O–H groups in total. The van der Waals surface area contributed by atoms with E-state index in [2.05, 4.69) is 11.4 Å². The number of aliphatic hydroxyl groups excluding tert-OH is 1. The monoisotopic (exact) mass is 234 g/mol. The Morgan fingerprint density at radius 3 is 3.00 bits per heavy atom. The van der Waals surface area contributed by atoms with Crippen molar-refractivity contribution < 1.29 is 9.90 Å². The van der Waals surface area contributed by atoms with E-state index >= 15 is 0 Å². The van der Waals surface area contributed by atoms with Crippen LogP contribution in [0.25, 0.3) is 0 Å². The van der Waals surface area contributed by atoms with Crippen molar-refractivity contribution in [2.24, 2.45) is 0 Å². The number of aryl methyl sites for hydroxylation is 1. The van der Waals surface area contributed by atoms with E-state index in [-0.39, 0.29) is 12.6 Å². The molecule has 0 aliphatic carbocycles. The van der Waals surface area contributed by atoms with Gasteiger partial charge in [-0.2, -0.15) is 0 Å². The van der Waals surface area contributed by atoms with Gasteiger partial charge in [-0.15, -0.1) is 0 Å². The fourth-order valence-electron chi connectivity index (χ4n) is 2.18. The number of anilines is 1. The highest BCUT2D eigenvalue weighted by atomic mass is 16.3. The van der Waals surface area contributed by atoms with Gasteiger partial charge in [0, 0.05) is 25.7 Å². The van der Waals surface area contributed by atoms with Crippen molar-refractivity contribution in [2.45, 2.75) is 19.3 Å². The maximum atomic E-state index is 11.5. The molecule has 0 radical (unpaired) electrons. The summed E-state index contributed by atoms with van der Waals surface area (Å²) in [5, 5.41) is 11.5. The highest BCUT2D eigenvalue weighted by Gasteiger charge is 2.20. The molecule has 0 fully saturated rings. The largest absolute Gasteiger partial charge is 0.381 e. The first-order valence-electron chi connectivity index (χ1n) is 5.92. The van der Waals surface area contributed by atoms with Crippen LogP contribution in [0.5, 0.6) is 0 Å². The van der Waals surface area contributed by atoms with Crippen LogP contribution in [0.15, 0.2) is 18.2 Å². The van der Waals surface area contributed by atoms with Crippen LogP contribution >= 0.6 is 0 Å². The Hall–Kier alpha value is -1.39. The Bertz CT molecular complexity index is 418. The zero-order valence-electron chi connectivity index (χ0n) is 10.1. The number of carbonyl (C=O) groups is 1. The average Bonchev–Trinajstić information content (AvgIpc) is 2.34. The standard InChI is InChI=1S/C13H18N2O2/c1-15-12-4-2-10(6-7-14-9-16)8-11(12)3-5-13(15)17/h2,4,8,14,16H,3,5-7,9H2,1H3. The average molecular weight is 234 g/mol. The Kier molecular flexibility index (Phi) is 3.76. The van der Waals surface area contributed by atoms with E-state index in [9.17, 15) is 4.79 Å². The number of benzene rings is 1. The number of fused-ring (bicyclic) bond motifs is 1. The van der Waals surface area contributed by atoms with Crippen LogP contribution in [0.3, 0.4) is 0 Å². The van der Waals surface area contributed by atoms with Crippen LogP contribution in [0.2, 0.25) is 0 Å². The van der Waals surface area contributed by atoms with Crippen LogP contribution in [0, 0.1) is 0 Å². The van der Waals surface area contributed by atoms with Crippen LogP contribution < -0.4 is 10.2 Å². The molecule has 0 atom stereocenters. The molecule has 0 spiro atoms. The minimum atomic E-state index is 0.0161. The summed E-state index contributed by atoms with van der Waals surface area (Å²) in [7, 11) is 1.83. The molecule has 2 rings (SSSR count). The number of nitrogens with zero attached hydrogens (tertiary/aromatic N) is 1. The summed E-state index contributed by atoms with van der Waals surface area (Å²) in [6.07, 6.45) is 2.33. The molecule has 1 aromatic carbocycles. The van der Waals surface area contributed by atoms with Gasteiger partial charge in [0.25, 0.3) is 0 Å². The van der Waals surface area contributed by atoms with E-state index in [4.69, 9.17) is 5.11 Å². The third kappa shape index (κ3) is 2.65. The number of aliphatic hydroxyl groups is 1. The highest BCUT2D eigenvalue weighted by molar-refractivity contribution is 5.95. The van der Waals surface area contributed by atoms with Gasteiger partial charge in [0.2, 0.25) is 5.91 Å². The molecular weight excluding hydrogens is 216 g/mol. The van der Waals surface area contributed by atoms with Crippen molar-refractivity contribution in [3.05, 3.63) is 29.3 Å². The van der Waals surface area contributed by atoms with Crippen molar-refractivity contribution in [2.75, 3.05) is 25.2 Å². The maximum absolute atomic E-state index is 11.5. The summed E-state index contributed by atoms with van der Waals surface area (Å²) in [5.41, 5.74) is 3.51. The quantitative estimate of drug-likeness (QED) is 0.595. The van der Waals surface area contributed by atoms with E-state index in [1.54, 1.807) is 4.90 Å². The van der Waals surface area contributed by atoms with Gasteiger partial charge in [0.05, 0.1) is 6.73 Å². The first-order valence-corrected chi connectivity index (χ1v) is 5.92. The Morgan fingerprint density at radius 2 is 2.24 bits per heavy atom. The molecule has 0 aromatic heterocycles. The van der Waals surface area contributed by atoms with Crippen LogP contribution in [0.4, 0.5) is 5.69 Å². The van der Waals surface area contributed by atoms with E-state index in [1.165, 1.54) is 11.1 Å². The van der Waals surface area contributed by atoms with Crippen LogP contribution in [0.1, 0.15) is 17.5 Å². The van der Waals surface area contributed by atoms with Crippen molar-refractivity contribution in [3.8, 4) is 0 Å². The molecule has 1 aromatic rings. The minimum absolute atomic E-state index is 0.0161. The molecule has 0 saturated heterocycles. The summed E-state index contributed by atoms with van der Waals surface area (Å²) < 4.78 is 0. The molecule has 1 aliphatic heterocycles. The van der Waals surface area contributed by atoms with Crippen molar-refractivity contribution >= 4 is 11.6 Å². The van der Waals surface area contributed by atoms with Gasteiger partial charge in [0.1, 0.15) is 0 Å². The summed E-state index contributed by atoms with van der Waals surface area (Å²) in [5.74, 6) is 0.187. The molecular formula is C13H18N2O2. The number of carbonyl (C=O) groups excluding carboxylic acids is 1. The maximum Gasteiger partial charge on any atom is 0.227 e. The molecule has 0 unspecified atom stereocenters. The number of hydrogen-bond acceptors (Lipinski definition) is 3. The van der Waals surface area contributed by atoms with Gasteiger partial charge >= 0.3 is 0 Å². The first kappa shape index (κ1) is 12.1. The number of nitrogens with one attached hydrogen (secondary N) is 1. The Labute approximate surface area is 101 Å². The summed E-state index contributed by atoms with van der Waals surface area (Å²) >= 11 is 0. The van der Waals surface area contributed by atoms with Crippen LogP contribution in [-0.4, -0.2) is 31.3 Å². The Balaban J connectivity index is 2.12.